The highest BCUT2D eigenvalue weighted by Gasteiger charge is 2.49. The predicted octanol–water partition coefficient (Wildman–Crippen LogP) is 3.74. The number of hydrogen-bond acceptors (Lipinski definition) is 5. The number of amides is 1. The lowest BCUT2D eigenvalue weighted by Gasteiger charge is -2.37. The van der Waals surface area contributed by atoms with Crippen LogP contribution in [0.1, 0.15) is 54.8 Å². The normalized spacial score (nSPS) is 24.8. The lowest BCUT2D eigenvalue weighted by Crippen LogP contribution is -2.46. The molecule has 2 aromatic rings. The maximum atomic E-state index is 13.1. The van der Waals surface area contributed by atoms with Crippen LogP contribution >= 0.6 is 0 Å². The number of hydrogen-bond donors (Lipinski definition) is 3. The molecular formula is C26H33N3O3. The summed E-state index contributed by atoms with van der Waals surface area (Å²) >= 11 is 0. The number of carbonyl (C=O) groups is 1. The third-order valence-corrected chi connectivity index (χ3v) is 7.63. The van der Waals surface area contributed by atoms with Crippen LogP contribution < -0.4 is 15.4 Å². The van der Waals surface area contributed by atoms with Crippen LogP contribution in [-0.4, -0.2) is 49.2 Å². The van der Waals surface area contributed by atoms with Gasteiger partial charge in [0.1, 0.15) is 11.5 Å². The molecule has 2 heterocycles. The van der Waals surface area contributed by atoms with Crippen LogP contribution in [0.4, 0.5) is 5.69 Å². The highest BCUT2D eigenvalue weighted by Crippen LogP contribution is 2.51. The zero-order valence-electron chi connectivity index (χ0n) is 18.8. The van der Waals surface area contributed by atoms with Crippen molar-refractivity contribution in [3.05, 3.63) is 53.1 Å². The largest absolute Gasteiger partial charge is 0.508 e. The number of anilines is 1. The van der Waals surface area contributed by atoms with Crippen LogP contribution in [-0.2, 0) is 16.6 Å². The molecule has 3 N–H and O–H groups in total. The molecule has 2 unspecified atom stereocenters. The molecule has 6 nitrogen and oxygen atoms in total. The van der Waals surface area contributed by atoms with E-state index in [0.717, 1.165) is 87.3 Å². The summed E-state index contributed by atoms with van der Waals surface area (Å²) in [4.78, 5) is 15.6. The standard InChI is InChI=1S/C26H33N3O3/c1-32-23-9-3-2-7-18(23)21-17-27-14-16-29(21)15-5-4-12-26-13-6-8-19-22(30)11-10-20(24(19)26)28-25(26)31/h2-3,7,9-11,21,27,30H,4-6,8,12-17H2,1H3,(H,28,31). The van der Waals surface area contributed by atoms with Crippen LogP contribution in [0.25, 0.3) is 0 Å². The first-order chi connectivity index (χ1) is 15.6. The number of nitrogens with one attached hydrogen (secondary N) is 2. The van der Waals surface area contributed by atoms with Crippen LogP contribution in [0.15, 0.2) is 36.4 Å². The average molecular weight is 436 g/mol. The van der Waals surface area contributed by atoms with Crippen molar-refractivity contribution in [2.75, 3.05) is 38.6 Å². The van der Waals surface area contributed by atoms with Gasteiger partial charge in [0.15, 0.2) is 0 Å². The summed E-state index contributed by atoms with van der Waals surface area (Å²) in [6, 6.07) is 12.2. The number of ether oxygens (including phenoxy) is 1. The molecular weight excluding hydrogens is 402 g/mol. The Morgan fingerprint density at radius 1 is 1.22 bits per heavy atom. The zero-order valence-corrected chi connectivity index (χ0v) is 18.8. The smallest absolute Gasteiger partial charge is 0.235 e. The van der Waals surface area contributed by atoms with Gasteiger partial charge in [-0.05, 0) is 62.4 Å². The molecule has 0 spiro atoms. The molecule has 2 aromatic carbocycles. The zero-order chi connectivity index (χ0) is 22.1. The minimum Gasteiger partial charge on any atom is -0.508 e. The summed E-state index contributed by atoms with van der Waals surface area (Å²) in [6.45, 7) is 3.92. The van der Waals surface area contributed by atoms with E-state index in [2.05, 4.69) is 27.7 Å². The maximum Gasteiger partial charge on any atom is 0.235 e. The Kier molecular flexibility index (Phi) is 5.82. The lowest BCUT2D eigenvalue weighted by atomic mass is 9.68. The summed E-state index contributed by atoms with van der Waals surface area (Å²) in [5.41, 5.74) is 3.72. The molecule has 170 valence electrons. The van der Waals surface area contributed by atoms with Crippen molar-refractivity contribution < 1.29 is 14.6 Å². The SMILES string of the molecule is COc1ccccc1C1CNCCN1CCCCC12CCCc3c(O)ccc(c31)NC2=O. The Morgan fingerprint density at radius 3 is 2.97 bits per heavy atom. The fourth-order valence-electron chi connectivity index (χ4n) is 6.07. The minimum absolute atomic E-state index is 0.119. The number of methoxy groups -OCH3 is 1. The molecule has 5 rings (SSSR count). The molecule has 1 saturated heterocycles. The molecule has 1 fully saturated rings. The van der Waals surface area contributed by atoms with Gasteiger partial charge in [-0.15, -0.1) is 0 Å². The van der Waals surface area contributed by atoms with E-state index in [0.29, 0.717) is 11.8 Å². The minimum atomic E-state index is -0.465. The monoisotopic (exact) mass is 435 g/mol. The molecule has 2 aliphatic heterocycles. The Morgan fingerprint density at radius 2 is 2.09 bits per heavy atom. The summed E-state index contributed by atoms with van der Waals surface area (Å²) in [6.07, 6.45) is 5.56. The van der Waals surface area contributed by atoms with Crippen molar-refractivity contribution in [2.24, 2.45) is 0 Å². The van der Waals surface area contributed by atoms with E-state index < -0.39 is 5.41 Å². The second-order valence-electron chi connectivity index (χ2n) is 9.33. The Labute approximate surface area is 190 Å². The summed E-state index contributed by atoms with van der Waals surface area (Å²) in [7, 11) is 1.74. The maximum absolute atomic E-state index is 13.1. The molecule has 6 heteroatoms. The Hall–Kier alpha value is -2.57. The average Bonchev–Trinajstić information content (AvgIpc) is 3.12. The number of rotatable bonds is 7. The van der Waals surface area contributed by atoms with Crippen molar-refractivity contribution in [2.45, 2.75) is 50.0 Å². The van der Waals surface area contributed by atoms with Gasteiger partial charge in [0.05, 0.1) is 18.6 Å². The van der Waals surface area contributed by atoms with E-state index >= 15 is 0 Å². The Balaban J connectivity index is 1.27. The number of unbranched alkanes of at least 4 members (excludes halogenated alkanes) is 1. The van der Waals surface area contributed by atoms with Crippen LogP contribution in [0.2, 0.25) is 0 Å². The molecule has 1 amide bonds. The van der Waals surface area contributed by atoms with Gasteiger partial charge >= 0.3 is 0 Å². The van der Waals surface area contributed by atoms with Crippen LogP contribution in [0.3, 0.4) is 0 Å². The first kappa shape index (κ1) is 21.3. The molecule has 2 atom stereocenters. The van der Waals surface area contributed by atoms with Crippen molar-refractivity contribution >= 4 is 11.6 Å². The number of piperazine rings is 1. The topological polar surface area (TPSA) is 73.8 Å². The molecule has 1 aliphatic carbocycles. The van der Waals surface area contributed by atoms with Crippen molar-refractivity contribution in [3.8, 4) is 11.5 Å². The van der Waals surface area contributed by atoms with Gasteiger partial charge in [0.2, 0.25) is 5.91 Å². The fourth-order valence-corrected chi connectivity index (χ4v) is 6.07. The van der Waals surface area contributed by atoms with E-state index in [1.165, 1.54) is 5.56 Å². The number of nitrogens with zero attached hydrogens (tertiary/aromatic N) is 1. The highest BCUT2D eigenvalue weighted by atomic mass is 16.5. The van der Waals surface area contributed by atoms with Gasteiger partial charge in [-0.2, -0.15) is 0 Å². The van der Waals surface area contributed by atoms with Gasteiger partial charge in [0, 0.05) is 36.4 Å². The predicted molar refractivity (Wildman–Crippen MR) is 125 cm³/mol. The molecule has 0 bridgehead atoms. The number of benzene rings is 2. The highest BCUT2D eigenvalue weighted by molar-refractivity contribution is 6.07. The Bertz CT molecular complexity index is 1010. The van der Waals surface area contributed by atoms with Crippen molar-refractivity contribution in [1.29, 1.82) is 0 Å². The third kappa shape index (κ3) is 3.55. The lowest BCUT2D eigenvalue weighted by molar-refractivity contribution is -0.121. The van der Waals surface area contributed by atoms with Gasteiger partial charge in [0.25, 0.3) is 0 Å². The van der Waals surface area contributed by atoms with Crippen molar-refractivity contribution in [3.63, 3.8) is 0 Å². The van der Waals surface area contributed by atoms with Crippen LogP contribution in [0, 0.1) is 0 Å². The van der Waals surface area contributed by atoms with E-state index in [4.69, 9.17) is 4.74 Å². The first-order valence-electron chi connectivity index (χ1n) is 11.9. The molecule has 0 saturated carbocycles. The fraction of sp³-hybridized carbons (Fsp3) is 0.500. The second kappa shape index (κ2) is 8.75. The third-order valence-electron chi connectivity index (χ3n) is 7.63. The second-order valence-corrected chi connectivity index (χ2v) is 9.33. The van der Waals surface area contributed by atoms with Crippen molar-refractivity contribution in [1.82, 2.24) is 10.2 Å². The number of para-hydroxylation sites is 1. The van der Waals surface area contributed by atoms with Gasteiger partial charge in [-0.1, -0.05) is 24.6 Å². The number of phenolic OH excluding ortho intramolecular Hbond substituents is 1. The number of aromatic hydroxyl groups is 1. The van der Waals surface area contributed by atoms with Gasteiger partial charge in [-0.25, -0.2) is 0 Å². The van der Waals surface area contributed by atoms with Crippen LogP contribution in [0.5, 0.6) is 11.5 Å². The molecule has 32 heavy (non-hydrogen) atoms. The number of carbonyl (C=O) groups excluding carboxylic acids is 1. The molecule has 3 aliphatic rings. The van der Waals surface area contributed by atoms with E-state index in [1.807, 2.05) is 18.2 Å². The van der Waals surface area contributed by atoms with E-state index in [9.17, 15) is 9.90 Å². The van der Waals surface area contributed by atoms with E-state index in [-0.39, 0.29) is 5.91 Å². The summed E-state index contributed by atoms with van der Waals surface area (Å²) in [5.74, 6) is 1.40. The van der Waals surface area contributed by atoms with E-state index in [1.54, 1.807) is 13.2 Å². The summed E-state index contributed by atoms with van der Waals surface area (Å²) in [5, 5.41) is 17.0. The first-order valence-corrected chi connectivity index (χ1v) is 11.9. The van der Waals surface area contributed by atoms with Gasteiger partial charge in [-0.3, -0.25) is 9.69 Å². The molecule has 0 radical (unpaired) electrons. The summed E-state index contributed by atoms with van der Waals surface area (Å²) < 4.78 is 5.62. The number of phenols is 1. The molecule has 0 aromatic heterocycles. The van der Waals surface area contributed by atoms with Gasteiger partial charge < -0.3 is 20.5 Å². The quantitative estimate of drug-likeness (QED) is 0.456.